The van der Waals surface area contributed by atoms with Crippen molar-refractivity contribution in [2.24, 2.45) is 5.10 Å². The lowest BCUT2D eigenvalue weighted by molar-refractivity contribution is -0.124. The van der Waals surface area contributed by atoms with Gasteiger partial charge >= 0.3 is 0 Å². The van der Waals surface area contributed by atoms with Crippen molar-refractivity contribution in [2.75, 3.05) is 5.75 Å². The predicted octanol–water partition coefficient (Wildman–Crippen LogP) is 2.77. The summed E-state index contributed by atoms with van der Waals surface area (Å²) in [4.78, 5) is 25.8. The lowest BCUT2D eigenvalue weighted by Crippen LogP contribution is -2.31. The molecule has 1 heterocycles. The second kappa shape index (κ2) is 7.31. The van der Waals surface area contributed by atoms with Crippen molar-refractivity contribution in [1.82, 2.24) is 10.3 Å². The van der Waals surface area contributed by atoms with E-state index in [2.05, 4.69) is 10.5 Å². The molecule has 2 aromatic rings. The Kier molecular flexibility index (Phi) is 4.96. The predicted molar refractivity (Wildman–Crippen MR) is 95.5 cm³/mol. The van der Waals surface area contributed by atoms with Crippen LogP contribution >= 0.6 is 11.8 Å². The highest BCUT2D eigenvalue weighted by Crippen LogP contribution is 2.21. The van der Waals surface area contributed by atoms with Crippen LogP contribution < -0.4 is 5.43 Å². The topological polar surface area (TPSA) is 61.8 Å². The Hall–Kier alpha value is -2.60. The van der Waals surface area contributed by atoms with Gasteiger partial charge in [0, 0.05) is 5.56 Å². The van der Waals surface area contributed by atoms with Gasteiger partial charge in [-0.2, -0.15) is 0 Å². The van der Waals surface area contributed by atoms with Gasteiger partial charge in [-0.1, -0.05) is 59.8 Å². The van der Waals surface area contributed by atoms with E-state index < -0.39 is 0 Å². The number of aryl methyl sites for hydroxylation is 1. The van der Waals surface area contributed by atoms with Gasteiger partial charge in [-0.15, -0.1) is 5.10 Å². The van der Waals surface area contributed by atoms with Crippen LogP contribution in [-0.2, 0) is 11.3 Å². The number of nitrogens with zero attached hydrogens (tertiary/aromatic N) is 2. The minimum Gasteiger partial charge on any atom is -0.285 e. The Morgan fingerprint density at radius 3 is 2.75 bits per heavy atom. The van der Waals surface area contributed by atoms with E-state index in [1.807, 2.05) is 49.4 Å². The molecule has 6 heteroatoms. The molecular weight excluding hydrogens is 322 g/mol. The molecule has 0 radical (unpaired) electrons. The lowest BCUT2D eigenvalue weighted by atomic mass is 10.1. The fraction of sp³-hybridized carbons (Fsp3) is 0.167. The molecular formula is C18H17N3O2S. The Labute approximate surface area is 144 Å². The number of hydrogen-bond donors (Lipinski definition) is 1. The Balaban J connectivity index is 1.71. The summed E-state index contributed by atoms with van der Waals surface area (Å²) in [5, 5.41) is 4.66. The number of amides is 2. The molecule has 1 N–H and O–H groups in total. The number of hydrazone groups is 1. The first-order valence-electron chi connectivity index (χ1n) is 7.55. The maximum absolute atomic E-state index is 12.2. The number of carbonyl (C=O) groups is 2. The number of benzene rings is 2. The van der Waals surface area contributed by atoms with Crippen molar-refractivity contribution < 1.29 is 9.59 Å². The van der Waals surface area contributed by atoms with Crippen molar-refractivity contribution in [3.63, 3.8) is 0 Å². The molecule has 0 spiro atoms. The van der Waals surface area contributed by atoms with Crippen LogP contribution in [0.25, 0.3) is 0 Å². The molecule has 0 atom stereocenters. The number of amidine groups is 1. The maximum Gasteiger partial charge on any atom is 0.271 e. The van der Waals surface area contributed by atoms with Crippen molar-refractivity contribution in [2.45, 2.75) is 13.5 Å². The molecule has 0 bridgehead atoms. The van der Waals surface area contributed by atoms with Gasteiger partial charge in [-0.25, -0.2) is 5.43 Å². The third-order valence-corrected chi connectivity index (χ3v) is 4.53. The molecule has 1 aliphatic rings. The molecule has 5 nitrogen and oxygen atoms in total. The number of carbonyl (C=O) groups excluding carboxylic acids is 2. The summed E-state index contributed by atoms with van der Waals surface area (Å²) in [5.74, 6) is 0.0460. The Morgan fingerprint density at radius 2 is 2.00 bits per heavy atom. The van der Waals surface area contributed by atoms with Gasteiger partial charge in [0.25, 0.3) is 5.91 Å². The van der Waals surface area contributed by atoms with Crippen LogP contribution in [0.3, 0.4) is 0 Å². The monoisotopic (exact) mass is 339 g/mol. The summed E-state index contributed by atoms with van der Waals surface area (Å²) < 4.78 is 0. The van der Waals surface area contributed by atoms with Crippen LogP contribution in [-0.4, -0.2) is 27.6 Å². The van der Waals surface area contributed by atoms with Crippen molar-refractivity contribution in [3.05, 3.63) is 71.3 Å². The van der Waals surface area contributed by atoms with Gasteiger partial charge in [0.15, 0.2) is 5.17 Å². The van der Waals surface area contributed by atoms with E-state index in [1.54, 1.807) is 17.0 Å². The van der Waals surface area contributed by atoms with Crippen LogP contribution in [0.15, 0.2) is 59.7 Å². The molecule has 24 heavy (non-hydrogen) atoms. The third kappa shape index (κ3) is 3.83. The van der Waals surface area contributed by atoms with Gasteiger partial charge in [-0.05, 0) is 24.6 Å². The summed E-state index contributed by atoms with van der Waals surface area (Å²) in [6, 6.07) is 17.0. The first-order valence-corrected chi connectivity index (χ1v) is 8.54. The van der Waals surface area contributed by atoms with Crippen LogP contribution in [0.5, 0.6) is 0 Å². The Bertz CT molecular complexity index is 790. The highest BCUT2D eigenvalue weighted by Gasteiger charge is 2.28. The molecule has 0 aromatic heterocycles. The summed E-state index contributed by atoms with van der Waals surface area (Å²) in [5.41, 5.74) is 5.11. The number of nitrogens with one attached hydrogen (secondary N) is 1. The van der Waals surface area contributed by atoms with E-state index in [-0.39, 0.29) is 11.8 Å². The van der Waals surface area contributed by atoms with Crippen LogP contribution in [0, 0.1) is 6.92 Å². The first-order chi connectivity index (χ1) is 11.6. The van der Waals surface area contributed by atoms with Crippen LogP contribution in [0.2, 0.25) is 0 Å². The lowest BCUT2D eigenvalue weighted by Gasteiger charge is -2.15. The quantitative estimate of drug-likeness (QED) is 0.871. The van der Waals surface area contributed by atoms with Crippen molar-refractivity contribution >= 4 is 28.7 Å². The van der Waals surface area contributed by atoms with Crippen LogP contribution in [0.1, 0.15) is 21.5 Å². The van der Waals surface area contributed by atoms with E-state index in [0.29, 0.717) is 23.0 Å². The molecule has 0 unspecified atom stereocenters. The van der Waals surface area contributed by atoms with E-state index in [4.69, 9.17) is 0 Å². The smallest absolute Gasteiger partial charge is 0.271 e. The fourth-order valence-electron chi connectivity index (χ4n) is 2.35. The third-order valence-electron chi connectivity index (χ3n) is 3.57. The highest BCUT2D eigenvalue weighted by molar-refractivity contribution is 8.15. The average Bonchev–Trinajstić information content (AvgIpc) is 2.94. The Morgan fingerprint density at radius 1 is 1.21 bits per heavy atom. The molecule has 2 aromatic carbocycles. The standard InChI is InChI=1S/C18H17N3O2S/c1-13-6-5-9-15(10-13)17(23)19-20-18-21(16(22)12-24-18)11-14-7-3-2-4-8-14/h2-10H,11-12H2,1H3,(H,19,23). The molecule has 3 rings (SSSR count). The number of thioether (sulfide) groups is 1. The number of hydrogen-bond acceptors (Lipinski definition) is 4. The maximum atomic E-state index is 12.2. The summed E-state index contributed by atoms with van der Waals surface area (Å²) in [7, 11) is 0. The van der Waals surface area contributed by atoms with Gasteiger partial charge in [0.1, 0.15) is 0 Å². The summed E-state index contributed by atoms with van der Waals surface area (Å²) in [6.45, 7) is 2.38. The van der Waals surface area contributed by atoms with E-state index in [9.17, 15) is 9.59 Å². The van der Waals surface area contributed by atoms with Crippen molar-refractivity contribution in [1.29, 1.82) is 0 Å². The van der Waals surface area contributed by atoms with E-state index in [1.165, 1.54) is 11.8 Å². The zero-order valence-corrected chi connectivity index (χ0v) is 14.0. The zero-order chi connectivity index (χ0) is 16.9. The molecule has 0 saturated carbocycles. The van der Waals surface area contributed by atoms with E-state index >= 15 is 0 Å². The molecule has 1 saturated heterocycles. The molecule has 1 fully saturated rings. The van der Waals surface area contributed by atoms with Crippen molar-refractivity contribution in [3.8, 4) is 0 Å². The zero-order valence-electron chi connectivity index (χ0n) is 13.2. The molecule has 122 valence electrons. The van der Waals surface area contributed by atoms with Gasteiger partial charge < -0.3 is 0 Å². The minimum absolute atomic E-state index is 0.00703. The molecule has 0 aliphatic carbocycles. The second-order valence-electron chi connectivity index (χ2n) is 5.46. The van der Waals surface area contributed by atoms with Gasteiger partial charge in [-0.3, -0.25) is 14.5 Å². The largest absolute Gasteiger partial charge is 0.285 e. The normalized spacial score (nSPS) is 15.8. The fourth-order valence-corrected chi connectivity index (χ4v) is 3.19. The minimum atomic E-state index is -0.286. The number of rotatable bonds is 4. The second-order valence-corrected chi connectivity index (χ2v) is 6.40. The highest BCUT2D eigenvalue weighted by atomic mass is 32.2. The van der Waals surface area contributed by atoms with Gasteiger partial charge in [0.05, 0.1) is 12.3 Å². The SMILES string of the molecule is Cc1cccc(C(=O)NN=C2SCC(=O)N2Cc2ccccc2)c1. The summed E-state index contributed by atoms with van der Waals surface area (Å²) >= 11 is 1.33. The average molecular weight is 339 g/mol. The first kappa shape index (κ1) is 16.3. The van der Waals surface area contributed by atoms with E-state index in [0.717, 1.165) is 11.1 Å². The summed E-state index contributed by atoms with van der Waals surface area (Å²) in [6.07, 6.45) is 0. The van der Waals surface area contributed by atoms with Crippen LogP contribution in [0.4, 0.5) is 0 Å². The van der Waals surface area contributed by atoms with Gasteiger partial charge in [0.2, 0.25) is 5.91 Å². The molecule has 2 amide bonds. The molecule has 1 aliphatic heterocycles.